The number of likely N-dealkylation sites (N-methyl/N-ethyl adjacent to an activating group) is 1. The number of nitrogens with one attached hydrogen (secondary N) is 1. The second kappa shape index (κ2) is 11.0. The molecule has 6 rings (SSSR count). The molecule has 3 aromatic rings. The number of amidine groups is 1. The van der Waals surface area contributed by atoms with E-state index in [9.17, 15) is 23.5 Å². The molecule has 1 amide bonds. The number of aromatic hydroxyl groups is 1. The van der Waals surface area contributed by atoms with Crippen LogP contribution in [0.15, 0.2) is 23.3 Å². The number of aliphatic imine (C=N–C) groups is 1. The Bertz CT molecular complexity index is 1640. The Morgan fingerprint density at radius 2 is 1.90 bits per heavy atom. The summed E-state index contributed by atoms with van der Waals surface area (Å²) in [4.78, 5) is 39.5. The molecule has 3 aliphatic heterocycles. The minimum Gasteiger partial charge on any atom is -0.504 e. The Morgan fingerprint density at radius 1 is 1.14 bits per heavy atom. The lowest BCUT2D eigenvalue weighted by molar-refractivity contribution is -0.116. The standard InChI is InChI=1S/C27H26BClF3N7O3/c1-36-5-7-37(8-6-36)19-10-17(22(29)26(32)34-19)33-20(41)12-38-11-16(15-9-14(13-40)25(42)24(31)23(15)30)21-27(38)35-18-3-2-4-39(18)28-21/h9-11,13,28,42H,2-8,12H2,1H3,(H,33,34,41). The monoisotopic (exact) mass is 599 g/mol. The zero-order chi connectivity index (χ0) is 29.7. The van der Waals surface area contributed by atoms with Gasteiger partial charge >= 0.3 is 0 Å². The molecule has 218 valence electrons. The van der Waals surface area contributed by atoms with Gasteiger partial charge in [-0.15, -0.1) is 0 Å². The number of amides is 1. The molecule has 2 fully saturated rings. The van der Waals surface area contributed by atoms with E-state index >= 15 is 4.39 Å². The van der Waals surface area contributed by atoms with Gasteiger partial charge in [0.15, 0.2) is 17.9 Å². The molecular weight excluding hydrogens is 574 g/mol. The third-order valence-corrected chi connectivity index (χ3v) is 8.24. The summed E-state index contributed by atoms with van der Waals surface area (Å²) in [6, 6.07) is 2.60. The van der Waals surface area contributed by atoms with Crippen molar-refractivity contribution in [1.29, 1.82) is 0 Å². The van der Waals surface area contributed by atoms with Crippen molar-refractivity contribution in [3.8, 4) is 16.9 Å². The van der Waals surface area contributed by atoms with E-state index in [0.29, 0.717) is 37.6 Å². The number of hydrogen-bond acceptors (Lipinski definition) is 8. The summed E-state index contributed by atoms with van der Waals surface area (Å²) in [6.45, 7) is 3.24. The van der Waals surface area contributed by atoms with Gasteiger partial charge in [-0.2, -0.15) is 8.78 Å². The fraction of sp³-hybridized carbons (Fsp3) is 0.333. The first-order valence-corrected chi connectivity index (χ1v) is 13.8. The molecule has 0 unspecified atom stereocenters. The summed E-state index contributed by atoms with van der Waals surface area (Å²) in [7, 11) is 2.33. The number of rotatable bonds is 6. The van der Waals surface area contributed by atoms with Crippen molar-refractivity contribution in [1.82, 2.24) is 19.3 Å². The van der Waals surface area contributed by atoms with Crippen molar-refractivity contribution in [3.05, 3.63) is 46.5 Å². The van der Waals surface area contributed by atoms with Crippen LogP contribution in [0, 0.1) is 17.6 Å². The van der Waals surface area contributed by atoms with Gasteiger partial charge in [-0.25, -0.2) is 14.4 Å². The number of aromatic nitrogens is 2. The molecule has 3 aliphatic rings. The van der Waals surface area contributed by atoms with Crippen molar-refractivity contribution >= 4 is 59.8 Å². The molecule has 0 spiro atoms. The maximum atomic E-state index is 15.1. The van der Waals surface area contributed by atoms with Crippen LogP contribution in [0.2, 0.25) is 5.02 Å². The second-order valence-corrected chi connectivity index (χ2v) is 11.0. The molecule has 0 bridgehead atoms. The van der Waals surface area contributed by atoms with Crippen molar-refractivity contribution in [2.45, 2.75) is 19.4 Å². The topological polar surface area (TPSA) is 106 Å². The second-order valence-electron chi connectivity index (χ2n) is 10.6. The van der Waals surface area contributed by atoms with Gasteiger partial charge in [0.05, 0.1) is 17.1 Å². The maximum Gasteiger partial charge on any atom is 0.276 e. The molecule has 0 radical (unpaired) electrons. The Morgan fingerprint density at radius 3 is 2.64 bits per heavy atom. The highest BCUT2D eigenvalue weighted by atomic mass is 35.5. The largest absolute Gasteiger partial charge is 0.504 e. The summed E-state index contributed by atoms with van der Waals surface area (Å²) in [5.74, 6) is -3.85. The van der Waals surface area contributed by atoms with E-state index in [1.54, 1.807) is 0 Å². The summed E-state index contributed by atoms with van der Waals surface area (Å²) in [5, 5.41) is 12.2. The highest BCUT2D eigenvalue weighted by Gasteiger charge is 2.32. The highest BCUT2D eigenvalue weighted by Crippen LogP contribution is 2.35. The van der Waals surface area contributed by atoms with E-state index in [4.69, 9.17) is 16.6 Å². The summed E-state index contributed by atoms with van der Waals surface area (Å²) in [6.07, 6.45) is 3.30. The van der Waals surface area contributed by atoms with E-state index in [0.717, 1.165) is 44.4 Å². The van der Waals surface area contributed by atoms with Gasteiger partial charge in [0.25, 0.3) is 7.41 Å². The van der Waals surface area contributed by atoms with Gasteiger partial charge < -0.3 is 29.6 Å². The number of benzene rings is 1. The van der Waals surface area contributed by atoms with Crippen LogP contribution in [-0.4, -0.2) is 89.6 Å². The number of anilines is 2. The zero-order valence-electron chi connectivity index (χ0n) is 22.6. The van der Waals surface area contributed by atoms with Crippen molar-refractivity contribution < 1.29 is 27.9 Å². The minimum atomic E-state index is -1.54. The van der Waals surface area contributed by atoms with Crippen LogP contribution in [0.5, 0.6) is 5.75 Å². The van der Waals surface area contributed by atoms with Crippen LogP contribution in [0.3, 0.4) is 0 Å². The van der Waals surface area contributed by atoms with Crippen LogP contribution >= 0.6 is 11.6 Å². The van der Waals surface area contributed by atoms with Gasteiger partial charge in [0.2, 0.25) is 17.7 Å². The van der Waals surface area contributed by atoms with Gasteiger partial charge in [0, 0.05) is 62.5 Å². The van der Waals surface area contributed by atoms with Gasteiger partial charge in [-0.1, -0.05) is 11.6 Å². The quantitative estimate of drug-likeness (QED) is 0.255. The van der Waals surface area contributed by atoms with Crippen LogP contribution in [-0.2, 0) is 11.3 Å². The van der Waals surface area contributed by atoms with Gasteiger partial charge in [0.1, 0.15) is 23.2 Å². The Balaban J connectivity index is 1.34. The van der Waals surface area contributed by atoms with Crippen LogP contribution in [0.4, 0.5) is 30.5 Å². The van der Waals surface area contributed by atoms with E-state index in [1.165, 1.54) is 16.8 Å². The number of carbonyl (C=O) groups is 2. The number of hydrogen-bond donors (Lipinski definition) is 2. The maximum absolute atomic E-state index is 15.1. The first-order valence-electron chi connectivity index (χ1n) is 13.4. The summed E-state index contributed by atoms with van der Waals surface area (Å²) < 4.78 is 45.8. The lowest BCUT2D eigenvalue weighted by Gasteiger charge is -2.33. The zero-order valence-corrected chi connectivity index (χ0v) is 23.4. The molecule has 2 saturated heterocycles. The predicted molar refractivity (Wildman–Crippen MR) is 154 cm³/mol. The molecule has 42 heavy (non-hydrogen) atoms. The molecular formula is C27H26BClF3N7O3. The third-order valence-electron chi connectivity index (χ3n) is 7.88. The number of phenols is 1. The summed E-state index contributed by atoms with van der Waals surface area (Å²) >= 11 is 6.17. The predicted octanol–water partition coefficient (Wildman–Crippen LogP) is 2.65. The number of carbonyl (C=O) groups excluding carboxylic acids is 2. The van der Waals surface area contributed by atoms with E-state index in [-0.39, 0.29) is 34.7 Å². The van der Waals surface area contributed by atoms with Crippen LogP contribution in [0.25, 0.3) is 11.1 Å². The van der Waals surface area contributed by atoms with Gasteiger partial charge in [-0.05, 0) is 25.0 Å². The fourth-order valence-electron chi connectivity index (χ4n) is 5.59. The third kappa shape index (κ3) is 4.98. The molecule has 0 aliphatic carbocycles. The van der Waals surface area contributed by atoms with Gasteiger partial charge in [-0.3, -0.25) is 9.59 Å². The van der Waals surface area contributed by atoms with Crippen molar-refractivity contribution in [2.24, 2.45) is 4.99 Å². The van der Waals surface area contributed by atoms with Crippen LogP contribution in [0.1, 0.15) is 23.2 Å². The average Bonchev–Trinajstić information content (AvgIpc) is 3.57. The van der Waals surface area contributed by atoms with E-state index in [1.807, 2.05) is 16.8 Å². The van der Waals surface area contributed by atoms with E-state index < -0.39 is 34.8 Å². The Labute approximate surface area is 244 Å². The normalized spacial score (nSPS) is 16.5. The van der Waals surface area contributed by atoms with Crippen molar-refractivity contribution in [2.75, 3.05) is 50.0 Å². The average molecular weight is 600 g/mol. The molecule has 2 N–H and O–H groups in total. The SMILES string of the molecule is CN1CCN(c2cc(NC(=O)Cn3cc(-c4cc(C=O)c(O)c(F)c4F)c4c3N=C3CCCN3B4)c(Cl)c(F)n2)CC1. The number of fused-ring (bicyclic) bond motifs is 2. The molecule has 10 nitrogen and oxygen atoms in total. The van der Waals surface area contributed by atoms with E-state index in [2.05, 4.69) is 15.2 Å². The van der Waals surface area contributed by atoms with Crippen molar-refractivity contribution in [3.63, 3.8) is 0 Å². The molecule has 15 heteroatoms. The molecule has 0 saturated carbocycles. The number of piperazine rings is 1. The molecule has 2 aromatic heterocycles. The first-order chi connectivity index (χ1) is 20.1. The lowest BCUT2D eigenvalue weighted by atomic mass is 9.76. The Kier molecular flexibility index (Phi) is 7.35. The number of nitrogens with zero attached hydrogens (tertiary/aromatic N) is 6. The number of aldehydes is 1. The number of phenolic OH excluding ortho intramolecular Hbond substituents is 1. The molecule has 5 heterocycles. The highest BCUT2D eigenvalue weighted by molar-refractivity contribution is 6.59. The lowest BCUT2D eigenvalue weighted by Crippen LogP contribution is -2.44. The molecule has 0 atom stereocenters. The molecule has 1 aromatic carbocycles. The first kappa shape index (κ1) is 28.1. The minimum absolute atomic E-state index is 0.0555. The number of halogens is 4. The fourth-order valence-corrected chi connectivity index (χ4v) is 5.74. The Hall–Kier alpha value is -4.04. The number of pyridine rings is 1. The smallest absolute Gasteiger partial charge is 0.276 e. The van der Waals surface area contributed by atoms with Crippen LogP contribution < -0.4 is 15.7 Å². The summed E-state index contributed by atoms with van der Waals surface area (Å²) in [5.41, 5.74) is 0.184.